The predicted octanol–water partition coefficient (Wildman–Crippen LogP) is 7.15. The summed E-state index contributed by atoms with van der Waals surface area (Å²) in [5.41, 5.74) is 0.128. The molecule has 0 atom stereocenters. The summed E-state index contributed by atoms with van der Waals surface area (Å²) in [6.07, 6.45) is -4.31. The molecule has 0 bridgehead atoms. The molecule has 31 heavy (non-hydrogen) atoms. The summed E-state index contributed by atoms with van der Waals surface area (Å²) in [7, 11) is 0. The molecule has 0 spiro atoms. The Morgan fingerprint density at radius 3 is 2.45 bits per heavy atom. The van der Waals surface area contributed by atoms with E-state index in [1.54, 1.807) is 12.1 Å². The van der Waals surface area contributed by atoms with Crippen molar-refractivity contribution in [3.05, 3.63) is 93.9 Å². The molecule has 158 valence electrons. The third-order valence-electron chi connectivity index (χ3n) is 4.77. The van der Waals surface area contributed by atoms with Crippen LogP contribution in [0.25, 0.3) is 21.2 Å². The van der Waals surface area contributed by atoms with E-state index in [9.17, 15) is 31.9 Å². The van der Waals surface area contributed by atoms with Crippen LogP contribution in [0.2, 0.25) is 0 Å². The van der Waals surface area contributed by atoms with E-state index in [1.807, 2.05) is 0 Å². The number of carbonyl (C=O) groups is 1. The zero-order valence-electron chi connectivity index (χ0n) is 15.6. The number of thiophene rings is 1. The van der Waals surface area contributed by atoms with Crippen LogP contribution in [-0.4, -0.2) is 11.1 Å². The first-order chi connectivity index (χ1) is 14.6. The van der Waals surface area contributed by atoms with Crippen LogP contribution in [0.4, 0.5) is 22.0 Å². The molecule has 0 fully saturated rings. The van der Waals surface area contributed by atoms with Crippen LogP contribution in [-0.2, 0) is 12.6 Å². The Hall–Kier alpha value is -3.26. The molecule has 4 aromatic rings. The first kappa shape index (κ1) is 21.0. The number of benzene rings is 3. The van der Waals surface area contributed by atoms with Crippen molar-refractivity contribution < 1.29 is 31.9 Å². The monoisotopic (exact) mass is 448 g/mol. The highest BCUT2D eigenvalue weighted by molar-refractivity contribution is 7.19. The molecular formula is C23H13F5O2S. The van der Waals surface area contributed by atoms with Gasteiger partial charge in [0.1, 0.15) is 11.6 Å². The highest BCUT2D eigenvalue weighted by Gasteiger charge is 2.30. The van der Waals surface area contributed by atoms with Gasteiger partial charge in [-0.25, -0.2) is 13.6 Å². The third-order valence-corrected chi connectivity index (χ3v) is 5.94. The number of carboxylic acid groups (broad SMARTS) is 1. The van der Waals surface area contributed by atoms with Crippen molar-refractivity contribution in [3.8, 4) is 11.1 Å². The second kappa shape index (κ2) is 7.77. The Labute approximate surface area is 177 Å². The van der Waals surface area contributed by atoms with Gasteiger partial charge in [-0.15, -0.1) is 11.3 Å². The van der Waals surface area contributed by atoms with E-state index in [0.717, 1.165) is 24.3 Å². The van der Waals surface area contributed by atoms with Gasteiger partial charge in [0.25, 0.3) is 0 Å². The number of carboxylic acids is 1. The lowest BCUT2D eigenvalue weighted by Crippen LogP contribution is -2.05. The molecular weight excluding hydrogens is 435 g/mol. The minimum absolute atomic E-state index is 0.158. The average Bonchev–Trinajstić information content (AvgIpc) is 3.11. The van der Waals surface area contributed by atoms with Gasteiger partial charge in [0.2, 0.25) is 0 Å². The fourth-order valence-corrected chi connectivity index (χ4v) is 4.62. The normalized spacial score (nSPS) is 11.8. The molecule has 8 heteroatoms. The topological polar surface area (TPSA) is 37.3 Å². The lowest BCUT2D eigenvalue weighted by Gasteiger charge is -2.08. The van der Waals surface area contributed by atoms with E-state index in [0.29, 0.717) is 20.7 Å². The van der Waals surface area contributed by atoms with Gasteiger partial charge in [-0.1, -0.05) is 24.3 Å². The third kappa shape index (κ3) is 4.29. The Morgan fingerprint density at radius 2 is 1.74 bits per heavy atom. The Morgan fingerprint density at radius 1 is 0.968 bits per heavy atom. The Balaban J connectivity index is 1.79. The van der Waals surface area contributed by atoms with Gasteiger partial charge < -0.3 is 5.11 Å². The Kier molecular flexibility index (Phi) is 5.26. The summed E-state index contributed by atoms with van der Waals surface area (Å²) in [5.74, 6) is -2.57. The molecule has 1 N–H and O–H groups in total. The van der Waals surface area contributed by atoms with Crippen molar-refractivity contribution in [2.45, 2.75) is 12.6 Å². The van der Waals surface area contributed by atoms with Crippen LogP contribution in [0, 0.1) is 11.6 Å². The molecule has 0 aliphatic heterocycles. The first-order valence-electron chi connectivity index (χ1n) is 9.03. The molecule has 3 aromatic carbocycles. The Bertz CT molecular complexity index is 1310. The standard InChI is InChI=1S/C23H13F5O2S/c24-16-9-13(8-14(10-16)22(29)30)18-4-5-20(25)19-11-17(31-21(18)19)7-12-2-1-3-15(6-12)23(26,27)28/h1-6,8-11H,7H2,(H,29,30). The van der Waals surface area contributed by atoms with Crippen molar-refractivity contribution in [3.63, 3.8) is 0 Å². The van der Waals surface area contributed by atoms with E-state index >= 15 is 0 Å². The van der Waals surface area contributed by atoms with Crippen molar-refractivity contribution in [1.82, 2.24) is 0 Å². The minimum Gasteiger partial charge on any atom is -0.478 e. The molecule has 0 saturated heterocycles. The molecule has 0 unspecified atom stereocenters. The molecule has 2 nitrogen and oxygen atoms in total. The fourth-order valence-electron chi connectivity index (χ4n) is 3.38. The van der Waals surface area contributed by atoms with Crippen LogP contribution in [0.15, 0.2) is 60.7 Å². The van der Waals surface area contributed by atoms with Gasteiger partial charge in [-0.3, -0.25) is 0 Å². The van der Waals surface area contributed by atoms with Gasteiger partial charge in [-0.05, 0) is 53.1 Å². The number of hydrogen-bond acceptors (Lipinski definition) is 2. The van der Waals surface area contributed by atoms with Crippen LogP contribution < -0.4 is 0 Å². The molecule has 0 aliphatic carbocycles. The predicted molar refractivity (Wildman–Crippen MR) is 108 cm³/mol. The second-order valence-electron chi connectivity index (χ2n) is 6.96. The van der Waals surface area contributed by atoms with Gasteiger partial charge in [0, 0.05) is 21.4 Å². The number of alkyl halides is 3. The van der Waals surface area contributed by atoms with Gasteiger partial charge >= 0.3 is 12.1 Å². The smallest absolute Gasteiger partial charge is 0.416 e. The summed E-state index contributed by atoms with van der Waals surface area (Å²) in [4.78, 5) is 11.9. The summed E-state index contributed by atoms with van der Waals surface area (Å²) < 4.78 is 67.8. The molecule has 0 amide bonds. The average molecular weight is 448 g/mol. The molecule has 4 rings (SSSR count). The van der Waals surface area contributed by atoms with E-state index in [1.165, 1.54) is 35.6 Å². The summed E-state index contributed by atoms with van der Waals surface area (Å²) in [6.45, 7) is 0. The molecule has 0 saturated carbocycles. The number of fused-ring (bicyclic) bond motifs is 1. The van der Waals surface area contributed by atoms with Crippen LogP contribution in [0.3, 0.4) is 0 Å². The summed E-state index contributed by atoms with van der Waals surface area (Å²) in [6, 6.07) is 12.4. The van der Waals surface area contributed by atoms with Gasteiger partial charge in [0.05, 0.1) is 11.1 Å². The van der Waals surface area contributed by atoms with Gasteiger partial charge in [0.15, 0.2) is 0 Å². The largest absolute Gasteiger partial charge is 0.478 e. The number of halogens is 5. The molecule has 0 aliphatic rings. The second-order valence-corrected chi connectivity index (χ2v) is 8.10. The van der Waals surface area contributed by atoms with E-state index in [-0.39, 0.29) is 22.9 Å². The van der Waals surface area contributed by atoms with E-state index in [4.69, 9.17) is 0 Å². The zero-order chi connectivity index (χ0) is 22.3. The SMILES string of the molecule is O=C(O)c1cc(F)cc(-c2ccc(F)c3cc(Cc4cccc(C(F)(F)F)c4)sc23)c1. The molecule has 0 radical (unpaired) electrons. The molecule has 1 heterocycles. The van der Waals surface area contributed by atoms with Crippen molar-refractivity contribution in [2.24, 2.45) is 0 Å². The lowest BCUT2D eigenvalue weighted by molar-refractivity contribution is -0.137. The summed E-state index contributed by atoms with van der Waals surface area (Å²) in [5, 5.41) is 9.42. The number of aromatic carboxylic acids is 1. The van der Waals surface area contributed by atoms with Crippen LogP contribution in [0.1, 0.15) is 26.4 Å². The highest BCUT2D eigenvalue weighted by atomic mass is 32.1. The van der Waals surface area contributed by atoms with Crippen molar-refractivity contribution in [2.75, 3.05) is 0 Å². The summed E-state index contributed by atoms with van der Waals surface area (Å²) >= 11 is 1.17. The minimum atomic E-state index is -4.46. The van der Waals surface area contributed by atoms with Crippen LogP contribution in [0.5, 0.6) is 0 Å². The van der Waals surface area contributed by atoms with Crippen molar-refractivity contribution >= 4 is 27.4 Å². The lowest BCUT2D eigenvalue weighted by atomic mass is 10.0. The number of hydrogen-bond donors (Lipinski definition) is 1. The fraction of sp³-hybridized carbons (Fsp3) is 0.0870. The highest BCUT2D eigenvalue weighted by Crippen LogP contribution is 2.38. The van der Waals surface area contributed by atoms with Crippen molar-refractivity contribution in [1.29, 1.82) is 0 Å². The zero-order valence-corrected chi connectivity index (χ0v) is 16.5. The molecule has 1 aromatic heterocycles. The number of rotatable bonds is 4. The van der Waals surface area contributed by atoms with Crippen LogP contribution >= 0.6 is 11.3 Å². The van der Waals surface area contributed by atoms with E-state index in [2.05, 4.69) is 0 Å². The van der Waals surface area contributed by atoms with Gasteiger partial charge in [-0.2, -0.15) is 13.2 Å². The quantitative estimate of drug-likeness (QED) is 0.337. The maximum atomic E-state index is 14.4. The first-order valence-corrected chi connectivity index (χ1v) is 9.85. The van der Waals surface area contributed by atoms with E-state index < -0.39 is 29.3 Å². The maximum absolute atomic E-state index is 14.4. The maximum Gasteiger partial charge on any atom is 0.416 e.